The lowest BCUT2D eigenvalue weighted by Gasteiger charge is -2.07. The van der Waals surface area contributed by atoms with Crippen molar-refractivity contribution in [1.82, 2.24) is 9.97 Å². The van der Waals surface area contributed by atoms with Gasteiger partial charge in [-0.25, -0.2) is 4.98 Å². The van der Waals surface area contributed by atoms with Gasteiger partial charge in [0.1, 0.15) is 5.82 Å². The fraction of sp³-hybridized carbons (Fsp3) is 0.0667. The molecule has 0 aliphatic carbocycles. The van der Waals surface area contributed by atoms with E-state index in [-0.39, 0.29) is 6.61 Å². The molecule has 0 saturated carbocycles. The standard InChI is InChI=1S/C15H13N3O/c19-10-11-4-3-5-12(8-11)17-15-9-16-13-6-1-2-7-14(13)18-15/h1-9,19H,10H2,(H,17,18). The molecule has 0 spiro atoms. The summed E-state index contributed by atoms with van der Waals surface area (Å²) in [6.07, 6.45) is 1.70. The van der Waals surface area contributed by atoms with Gasteiger partial charge in [0.15, 0.2) is 0 Å². The summed E-state index contributed by atoms with van der Waals surface area (Å²) in [5.41, 5.74) is 3.47. The van der Waals surface area contributed by atoms with Gasteiger partial charge in [0.2, 0.25) is 0 Å². The van der Waals surface area contributed by atoms with Crippen LogP contribution in [-0.4, -0.2) is 15.1 Å². The second kappa shape index (κ2) is 5.04. The SMILES string of the molecule is OCc1cccc(Nc2cnc3ccccc3n2)c1. The molecule has 0 aliphatic heterocycles. The van der Waals surface area contributed by atoms with Gasteiger partial charge in [0, 0.05) is 5.69 Å². The van der Waals surface area contributed by atoms with E-state index < -0.39 is 0 Å². The molecule has 2 N–H and O–H groups in total. The number of fused-ring (bicyclic) bond motifs is 1. The summed E-state index contributed by atoms with van der Waals surface area (Å²) in [6.45, 7) is 0.0267. The average molecular weight is 251 g/mol. The van der Waals surface area contributed by atoms with E-state index in [0.29, 0.717) is 5.82 Å². The molecule has 2 aromatic carbocycles. The monoisotopic (exact) mass is 251 g/mol. The van der Waals surface area contributed by atoms with Crippen LogP contribution in [0.15, 0.2) is 54.7 Å². The van der Waals surface area contributed by atoms with Gasteiger partial charge in [-0.15, -0.1) is 0 Å². The van der Waals surface area contributed by atoms with Crippen LogP contribution in [0.25, 0.3) is 11.0 Å². The summed E-state index contributed by atoms with van der Waals surface area (Å²) in [4.78, 5) is 8.84. The molecule has 4 nitrogen and oxygen atoms in total. The second-order valence-corrected chi connectivity index (χ2v) is 4.23. The Bertz CT molecular complexity index is 712. The van der Waals surface area contributed by atoms with Gasteiger partial charge in [0.05, 0.1) is 23.8 Å². The molecule has 0 fully saturated rings. The Kier molecular flexibility index (Phi) is 3.08. The molecule has 94 valence electrons. The van der Waals surface area contributed by atoms with E-state index in [9.17, 15) is 0 Å². The first-order valence-electron chi connectivity index (χ1n) is 6.04. The normalized spacial score (nSPS) is 10.6. The number of rotatable bonds is 3. The lowest BCUT2D eigenvalue weighted by atomic mass is 10.2. The van der Waals surface area contributed by atoms with Crippen molar-refractivity contribution in [2.24, 2.45) is 0 Å². The first kappa shape index (κ1) is 11.6. The molecule has 4 heteroatoms. The number of nitrogens with one attached hydrogen (secondary N) is 1. The molecule has 3 rings (SSSR count). The van der Waals surface area contributed by atoms with Gasteiger partial charge in [-0.3, -0.25) is 4.98 Å². The summed E-state index contributed by atoms with van der Waals surface area (Å²) in [7, 11) is 0. The minimum atomic E-state index is 0.0267. The Morgan fingerprint density at radius 1 is 1.00 bits per heavy atom. The maximum Gasteiger partial charge on any atom is 0.149 e. The van der Waals surface area contributed by atoms with E-state index in [1.807, 2.05) is 48.5 Å². The van der Waals surface area contributed by atoms with E-state index in [4.69, 9.17) is 5.11 Å². The summed E-state index contributed by atoms with van der Waals surface area (Å²) < 4.78 is 0. The summed E-state index contributed by atoms with van der Waals surface area (Å²) >= 11 is 0. The van der Waals surface area contributed by atoms with E-state index >= 15 is 0 Å². The highest BCUT2D eigenvalue weighted by atomic mass is 16.3. The van der Waals surface area contributed by atoms with E-state index in [0.717, 1.165) is 22.3 Å². The maximum absolute atomic E-state index is 9.11. The van der Waals surface area contributed by atoms with Gasteiger partial charge < -0.3 is 10.4 Å². The molecular formula is C15H13N3O. The van der Waals surface area contributed by atoms with Crippen molar-refractivity contribution in [3.8, 4) is 0 Å². The number of anilines is 2. The van der Waals surface area contributed by atoms with Gasteiger partial charge in [0.25, 0.3) is 0 Å². The fourth-order valence-corrected chi connectivity index (χ4v) is 1.91. The molecule has 0 unspecified atom stereocenters. The topological polar surface area (TPSA) is 58.0 Å². The van der Waals surface area contributed by atoms with Crippen molar-refractivity contribution >= 4 is 22.5 Å². The molecule has 0 radical (unpaired) electrons. The fourth-order valence-electron chi connectivity index (χ4n) is 1.91. The summed E-state index contributed by atoms with van der Waals surface area (Å²) in [5.74, 6) is 0.689. The number of aromatic nitrogens is 2. The van der Waals surface area contributed by atoms with Crippen molar-refractivity contribution in [1.29, 1.82) is 0 Å². The molecule has 0 bridgehead atoms. The highest BCUT2D eigenvalue weighted by Crippen LogP contribution is 2.17. The molecule has 0 amide bonds. The Morgan fingerprint density at radius 3 is 2.68 bits per heavy atom. The maximum atomic E-state index is 9.11. The minimum absolute atomic E-state index is 0.0267. The second-order valence-electron chi connectivity index (χ2n) is 4.23. The Labute approximate surface area is 110 Å². The summed E-state index contributed by atoms with van der Waals surface area (Å²) in [6, 6.07) is 15.3. The quantitative estimate of drug-likeness (QED) is 0.751. The van der Waals surface area contributed by atoms with Crippen LogP contribution in [0.1, 0.15) is 5.56 Å². The lowest BCUT2D eigenvalue weighted by molar-refractivity contribution is 0.282. The lowest BCUT2D eigenvalue weighted by Crippen LogP contribution is -1.96. The number of nitrogens with zero attached hydrogens (tertiary/aromatic N) is 2. The largest absolute Gasteiger partial charge is 0.392 e. The van der Waals surface area contributed by atoms with Crippen LogP contribution in [0.2, 0.25) is 0 Å². The third-order valence-corrected chi connectivity index (χ3v) is 2.83. The number of hydrogen-bond donors (Lipinski definition) is 2. The van der Waals surface area contributed by atoms with Gasteiger partial charge in [-0.1, -0.05) is 24.3 Å². The molecule has 1 aromatic heterocycles. The predicted molar refractivity (Wildman–Crippen MR) is 75.2 cm³/mol. The van der Waals surface area contributed by atoms with Crippen molar-refractivity contribution < 1.29 is 5.11 Å². The third-order valence-electron chi connectivity index (χ3n) is 2.83. The van der Waals surface area contributed by atoms with Crippen molar-refractivity contribution in [3.05, 3.63) is 60.3 Å². The Hall–Kier alpha value is -2.46. The van der Waals surface area contributed by atoms with Gasteiger partial charge >= 0.3 is 0 Å². The molecule has 1 heterocycles. The third kappa shape index (κ3) is 2.53. The molecule has 0 saturated heterocycles. The molecule has 3 aromatic rings. The van der Waals surface area contributed by atoms with Crippen molar-refractivity contribution in [2.45, 2.75) is 6.61 Å². The van der Waals surface area contributed by atoms with Crippen LogP contribution in [-0.2, 0) is 6.61 Å². The zero-order chi connectivity index (χ0) is 13.1. The number of hydrogen-bond acceptors (Lipinski definition) is 4. The highest BCUT2D eigenvalue weighted by Gasteiger charge is 2.00. The first-order valence-corrected chi connectivity index (χ1v) is 6.04. The van der Waals surface area contributed by atoms with Crippen LogP contribution >= 0.6 is 0 Å². The number of benzene rings is 2. The van der Waals surface area contributed by atoms with Gasteiger partial charge in [-0.2, -0.15) is 0 Å². The molecular weight excluding hydrogens is 238 g/mol. The molecule has 0 aliphatic rings. The minimum Gasteiger partial charge on any atom is -0.392 e. The zero-order valence-electron chi connectivity index (χ0n) is 10.2. The summed E-state index contributed by atoms with van der Waals surface area (Å²) in [5, 5.41) is 12.3. The Balaban J connectivity index is 1.92. The first-order chi connectivity index (χ1) is 9.35. The smallest absolute Gasteiger partial charge is 0.149 e. The molecule has 0 atom stereocenters. The zero-order valence-corrected chi connectivity index (χ0v) is 10.2. The average Bonchev–Trinajstić information content (AvgIpc) is 2.47. The number of aliphatic hydroxyl groups is 1. The van der Waals surface area contributed by atoms with Crippen LogP contribution in [0.3, 0.4) is 0 Å². The number of aliphatic hydroxyl groups excluding tert-OH is 1. The van der Waals surface area contributed by atoms with Crippen molar-refractivity contribution in [2.75, 3.05) is 5.32 Å². The van der Waals surface area contributed by atoms with Crippen LogP contribution < -0.4 is 5.32 Å². The predicted octanol–water partition coefficient (Wildman–Crippen LogP) is 2.87. The van der Waals surface area contributed by atoms with Crippen molar-refractivity contribution in [3.63, 3.8) is 0 Å². The van der Waals surface area contributed by atoms with Crippen LogP contribution in [0.4, 0.5) is 11.5 Å². The van der Waals surface area contributed by atoms with E-state index in [1.165, 1.54) is 0 Å². The van der Waals surface area contributed by atoms with Crippen LogP contribution in [0, 0.1) is 0 Å². The highest BCUT2D eigenvalue weighted by molar-refractivity contribution is 5.76. The van der Waals surface area contributed by atoms with Gasteiger partial charge in [-0.05, 0) is 29.8 Å². The van der Waals surface area contributed by atoms with Crippen LogP contribution in [0.5, 0.6) is 0 Å². The Morgan fingerprint density at radius 2 is 1.84 bits per heavy atom. The number of para-hydroxylation sites is 2. The van der Waals surface area contributed by atoms with E-state index in [2.05, 4.69) is 15.3 Å². The van der Waals surface area contributed by atoms with E-state index in [1.54, 1.807) is 6.20 Å². The molecule has 19 heavy (non-hydrogen) atoms.